The van der Waals surface area contributed by atoms with Crippen molar-refractivity contribution in [2.24, 2.45) is 5.11 Å². The number of rotatable bonds is 2. The highest BCUT2D eigenvalue weighted by Gasteiger charge is 2.22. The van der Waals surface area contributed by atoms with Crippen molar-refractivity contribution >= 4 is 5.69 Å². The molecule has 0 bridgehead atoms. The van der Waals surface area contributed by atoms with Crippen molar-refractivity contribution in [3.05, 3.63) is 76.2 Å². The van der Waals surface area contributed by atoms with Gasteiger partial charge in [0.25, 0.3) is 0 Å². The third kappa shape index (κ3) is 3.18. The second kappa shape index (κ2) is 5.94. The maximum atomic E-state index is 10.5. The van der Waals surface area contributed by atoms with Crippen molar-refractivity contribution in [2.45, 2.75) is 12.5 Å². The Morgan fingerprint density at radius 1 is 1.10 bits per heavy atom. The molecule has 4 nitrogen and oxygen atoms in total. The average molecular weight is 263 g/mol. The SMILES string of the molecule is CC(O)(C#Cc1ccccc1)c1ccccc1N=[N+]=[N-]. The van der Waals surface area contributed by atoms with E-state index in [1.165, 1.54) is 0 Å². The topological polar surface area (TPSA) is 69.0 Å². The molecule has 2 aromatic carbocycles. The molecule has 1 N–H and O–H groups in total. The predicted octanol–water partition coefficient (Wildman–Crippen LogP) is 3.89. The fourth-order valence-electron chi connectivity index (χ4n) is 1.80. The lowest BCUT2D eigenvalue weighted by atomic mass is 9.94. The minimum Gasteiger partial charge on any atom is -0.374 e. The van der Waals surface area contributed by atoms with Crippen LogP contribution in [0.1, 0.15) is 18.1 Å². The molecule has 0 heterocycles. The maximum absolute atomic E-state index is 10.5. The molecule has 0 aliphatic rings. The summed E-state index contributed by atoms with van der Waals surface area (Å²) < 4.78 is 0. The molecule has 0 amide bonds. The van der Waals surface area contributed by atoms with E-state index in [9.17, 15) is 5.11 Å². The van der Waals surface area contributed by atoms with Gasteiger partial charge in [0.15, 0.2) is 0 Å². The second-order valence-corrected chi connectivity index (χ2v) is 4.39. The van der Waals surface area contributed by atoms with E-state index in [1.807, 2.05) is 30.3 Å². The molecule has 2 rings (SSSR count). The van der Waals surface area contributed by atoms with Crippen LogP contribution in [0.25, 0.3) is 10.4 Å². The smallest absolute Gasteiger partial charge is 0.148 e. The van der Waals surface area contributed by atoms with Gasteiger partial charge in [0.1, 0.15) is 5.60 Å². The van der Waals surface area contributed by atoms with Crippen molar-refractivity contribution in [2.75, 3.05) is 0 Å². The van der Waals surface area contributed by atoms with Gasteiger partial charge in [-0.25, -0.2) is 0 Å². The number of aliphatic hydroxyl groups is 1. The summed E-state index contributed by atoms with van der Waals surface area (Å²) in [5.41, 5.74) is 8.85. The van der Waals surface area contributed by atoms with Gasteiger partial charge < -0.3 is 5.11 Å². The summed E-state index contributed by atoms with van der Waals surface area (Å²) in [5, 5.41) is 14.1. The molecule has 0 aromatic heterocycles. The van der Waals surface area contributed by atoms with Crippen LogP contribution in [0.5, 0.6) is 0 Å². The Morgan fingerprint density at radius 3 is 2.45 bits per heavy atom. The van der Waals surface area contributed by atoms with E-state index < -0.39 is 5.60 Å². The molecule has 1 unspecified atom stereocenters. The normalized spacial score (nSPS) is 12.5. The molecule has 0 aliphatic carbocycles. The summed E-state index contributed by atoms with van der Waals surface area (Å²) >= 11 is 0. The molecule has 0 saturated heterocycles. The van der Waals surface area contributed by atoms with Crippen LogP contribution in [0.3, 0.4) is 0 Å². The van der Waals surface area contributed by atoms with Gasteiger partial charge in [-0.1, -0.05) is 59.4 Å². The van der Waals surface area contributed by atoms with Crippen molar-refractivity contribution < 1.29 is 5.11 Å². The van der Waals surface area contributed by atoms with Crippen LogP contribution >= 0.6 is 0 Å². The predicted molar refractivity (Wildman–Crippen MR) is 78.1 cm³/mol. The minimum atomic E-state index is -1.39. The molecule has 4 heteroatoms. The Labute approximate surface area is 117 Å². The van der Waals surface area contributed by atoms with E-state index >= 15 is 0 Å². The molecule has 0 fully saturated rings. The fourth-order valence-corrected chi connectivity index (χ4v) is 1.80. The summed E-state index contributed by atoms with van der Waals surface area (Å²) in [7, 11) is 0. The molecular weight excluding hydrogens is 250 g/mol. The molecule has 20 heavy (non-hydrogen) atoms. The highest BCUT2D eigenvalue weighted by atomic mass is 16.3. The van der Waals surface area contributed by atoms with Gasteiger partial charge in [-0.3, -0.25) is 0 Å². The van der Waals surface area contributed by atoms with Crippen molar-refractivity contribution in [3.8, 4) is 11.8 Å². The summed E-state index contributed by atoms with van der Waals surface area (Å²) in [6, 6.07) is 16.3. The third-order valence-corrected chi connectivity index (χ3v) is 2.80. The first kappa shape index (κ1) is 13.7. The van der Waals surface area contributed by atoms with Crippen LogP contribution < -0.4 is 0 Å². The summed E-state index contributed by atoms with van der Waals surface area (Å²) in [5.74, 6) is 5.73. The number of nitrogens with zero attached hydrogens (tertiary/aromatic N) is 3. The fraction of sp³-hybridized carbons (Fsp3) is 0.125. The lowest BCUT2D eigenvalue weighted by molar-refractivity contribution is 0.123. The Hall–Kier alpha value is -2.73. The van der Waals surface area contributed by atoms with Gasteiger partial charge in [-0.15, -0.1) is 0 Å². The first-order valence-electron chi connectivity index (χ1n) is 6.09. The van der Waals surface area contributed by atoms with Crippen molar-refractivity contribution in [1.29, 1.82) is 0 Å². The monoisotopic (exact) mass is 263 g/mol. The molecule has 98 valence electrons. The maximum Gasteiger partial charge on any atom is 0.148 e. The van der Waals surface area contributed by atoms with E-state index in [1.54, 1.807) is 31.2 Å². The number of benzene rings is 2. The Kier molecular flexibility index (Phi) is 4.07. The summed E-state index contributed by atoms with van der Waals surface area (Å²) in [6.45, 7) is 1.58. The van der Waals surface area contributed by atoms with Crippen LogP contribution in [0, 0.1) is 11.8 Å². The zero-order valence-electron chi connectivity index (χ0n) is 11.0. The average Bonchev–Trinajstić information content (AvgIpc) is 2.47. The zero-order valence-corrected chi connectivity index (χ0v) is 11.0. The van der Waals surface area contributed by atoms with E-state index in [4.69, 9.17) is 5.53 Å². The largest absolute Gasteiger partial charge is 0.374 e. The van der Waals surface area contributed by atoms with Gasteiger partial charge >= 0.3 is 0 Å². The van der Waals surface area contributed by atoms with E-state index in [0.29, 0.717) is 11.3 Å². The Balaban J connectivity index is 2.41. The van der Waals surface area contributed by atoms with E-state index in [0.717, 1.165) is 5.56 Å². The van der Waals surface area contributed by atoms with Gasteiger partial charge in [0.05, 0.1) is 0 Å². The quantitative estimate of drug-likeness (QED) is 0.380. The van der Waals surface area contributed by atoms with Gasteiger partial charge in [-0.05, 0) is 24.6 Å². The van der Waals surface area contributed by atoms with Crippen LogP contribution in [0.4, 0.5) is 5.69 Å². The third-order valence-electron chi connectivity index (χ3n) is 2.80. The van der Waals surface area contributed by atoms with Crippen LogP contribution in [-0.2, 0) is 5.60 Å². The van der Waals surface area contributed by atoms with Gasteiger partial charge in [0, 0.05) is 21.7 Å². The van der Waals surface area contributed by atoms with Crippen molar-refractivity contribution in [3.63, 3.8) is 0 Å². The number of hydrogen-bond acceptors (Lipinski definition) is 2. The van der Waals surface area contributed by atoms with Gasteiger partial charge in [-0.2, -0.15) is 0 Å². The standard InChI is InChI=1S/C16H13N3O/c1-16(20,12-11-13-7-3-2-4-8-13)14-9-5-6-10-15(14)18-19-17/h2-10,20H,1H3. The number of azide groups is 1. The molecule has 0 saturated carbocycles. The first-order valence-corrected chi connectivity index (χ1v) is 6.09. The highest BCUT2D eigenvalue weighted by Crippen LogP contribution is 2.29. The molecule has 0 aliphatic heterocycles. The lowest BCUT2D eigenvalue weighted by Gasteiger charge is -2.18. The van der Waals surface area contributed by atoms with Crippen LogP contribution in [-0.4, -0.2) is 5.11 Å². The lowest BCUT2D eigenvalue weighted by Crippen LogP contribution is -2.18. The summed E-state index contributed by atoms with van der Waals surface area (Å²) in [4.78, 5) is 2.76. The number of hydrogen-bond donors (Lipinski definition) is 1. The van der Waals surface area contributed by atoms with Gasteiger partial charge in [0.2, 0.25) is 0 Å². The van der Waals surface area contributed by atoms with Crippen LogP contribution in [0.2, 0.25) is 0 Å². The molecule has 1 atom stereocenters. The molecular formula is C16H13N3O. The highest BCUT2D eigenvalue weighted by molar-refractivity contribution is 5.52. The molecule has 0 spiro atoms. The molecule has 2 aromatic rings. The molecule has 0 radical (unpaired) electrons. The Morgan fingerprint density at radius 2 is 1.75 bits per heavy atom. The van der Waals surface area contributed by atoms with E-state index in [-0.39, 0.29) is 0 Å². The van der Waals surface area contributed by atoms with E-state index in [2.05, 4.69) is 21.9 Å². The minimum absolute atomic E-state index is 0.377. The first-order chi connectivity index (χ1) is 9.63. The van der Waals surface area contributed by atoms with Crippen LogP contribution in [0.15, 0.2) is 59.7 Å². The Bertz CT molecular complexity index is 705. The van der Waals surface area contributed by atoms with Crippen molar-refractivity contribution in [1.82, 2.24) is 0 Å². The zero-order chi connectivity index (χ0) is 14.4. The summed E-state index contributed by atoms with van der Waals surface area (Å²) in [6.07, 6.45) is 0. The second-order valence-electron chi connectivity index (χ2n) is 4.39.